The van der Waals surface area contributed by atoms with Gasteiger partial charge in [-0.2, -0.15) is 0 Å². The van der Waals surface area contributed by atoms with Gasteiger partial charge in [0.05, 0.1) is 19.3 Å². The smallest absolute Gasteiger partial charge is 0.238 e. The third kappa shape index (κ3) is 6.13. The van der Waals surface area contributed by atoms with Gasteiger partial charge in [-0.1, -0.05) is 29.3 Å². The fourth-order valence-corrected chi connectivity index (χ4v) is 3.06. The Labute approximate surface area is 168 Å². The van der Waals surface area contributed by atoms with E-state index in [1.807, 2.05) is 13.0 Å². The monoisotopic (exact) mass is 409 g/mol. The highest BCUT2D eigenvalue weighted by molar-refractivity contribution is 6.35. The number of hydrogen-bond donors (Lipinski definition) is 3. The lowest BCUT2D eigenvalue weighted by molar-refractivity contribution is -0.115. The summed E-state index contributed by atoms with van der Waals surface area (Å²) in [5, 5.41) is 9.64. The van der Waals surface area contributed by atoms with E-state index in [0.29, 0.717) is 27.2 Å². The van der Waals surface area contributed by atoms with Gasteiger partial charge in [-0.3, -0.25) is 9.59 Å². The number of rotatable bonds is 7. The van der Waals surface area contributed by atoms with Crippen molar-refractivity contribution in [1.82, 2.24) is 5.32 Å². The van der Waals surface area contributed by atoms with Crippen LogP contribution >= 0.6 is 23.2 Å². The minimum atomic E-state index is -0.259. The van der Waals surface area contributed by atoms with Crippen molar-refractivity contribution in [2.75, 3.05) is 24.3 Å². The average Bonchev–Trinajstić information content (AvgIpc) is 2.59. The Bertz CT molecular complexity index is 843. The van der Waals surface area contributed by atoms with E-state index in [-0.39, 0.29) is 24.4 Å². The Balaban J connectivity index is 2.01. The fraction of sp³-hybridized carbons (Fsp3) is 0.263. The lowest BCUT2D eigenvalue weighted by Gasteiger charge is -2.17. The molecule has 0 saturated carbocycles. The molecule has 0 heterocycles. The molecule has 0 aliphatic rings. The predicted octanol–water partition coefficient (Wildman–Crippen LogP) is 4.25. The minimum Gasteiger partial charge on any atom is -0.495 e. The van der Waals surface area contributed by atoms with Crippen molar-refractivity contribution >= 4 is 46.4 Å². The summed E-state index contributed by atoms with van der Waals surface area (Å²) in [6.07, 6.45) is 0. The van der Waals surface area contributed by atoms with Crippen LogP contribution in [0.25, 0.3) is 0 Å². The number of amides is 2. The molecule has 1 atom stereocenters. The first-order valence-corrected chi connectivity index (χ1v) is 8.99. The quantitative estimate of drug-likeness (QED) is 0.638. The van der Waals surface area contributed by atoms with Crippen molar-refractivity contribution in [1.29, 1.82) is 0 Å². The highest BCUT2D eigenvalue weighted by atomic mass is 35.5. The number of benzene rings is 2. The summed E-state index contributed by atoms with van der Waals surface area (Å²) in [6, 6.07) is 10.1. The summed E-state index contributed by atoms with van der Waals surface area (Å²) in [5.41, 5.74) is 1.87. The fourth-order valence-electron chi connectivity index (χ4n) is 2.49. The van der Waals surface area contributed by atoms with Crippen molar-refractivity contribution in [3.05, 3.63) is 52.0 Å². The number of ether oxygens (including phenoxy) is 1. The van der Waals surface area contributed by atoms with Crippen LogP contribution in [-0.2, 0) is 9.59 Å². The van der Waals surface area contributed by atoms with Gasteiger partial charge in [0.25, 0.3) is 0 Å². The molecular weight excluding hydrogens is 389 g/mol. The van der Waals surface area contributed by atoms with E-state index >= 15 is 0 Å². The molecule has 0 aliphatic carbocycles. The number of carbonyl (C=O) groups is 2. The summed E-state index contributed by atoms with van der Waals surface area (Å²) in [7, 11) is 1.51. The number of nitrogens with one attached hydrogen (secondary N) is 3. The van der Waals surface area contributed by atoms with Crippen LogP contribution in [0.1, 0.15) is 25.5 Å². The zero-order chi connectivity index (χ0) is 20.0. The average molecular weight is 410 g/mol. The first-order chi connectivity index (χ1) is 12.8. The van der Waals surface area contributed by atoms with Gasteiger partial charge in [-0.25, -0.2) is 0 Å². The molecule has 0 radical (unpaired) electrons. The maximum absolute atomic E-state index is 12.3. The second kappa shape index (κ2) is 9.60. The molecule has 27 heavy (non-hydrogen) atoms. The first kappa shape index (κ1) is 21.0. The minimum absolute atomic E-state index is 0.0631. The Hall–Kier alpha value is -2.28. The SMILES string of the molecule is COc1ccc(NC(C)=O)cc1NC(=O)CN[C@@H](C)c1ccc(Cl)cc1Cl. The lowest BCUT2D eigenvalue weighted by atomic mass is 10.1. The number of methoxy groups -OCH3 is 1. The molecule has 144 valence electrons. The third-order valence-corrected chi connectivity index (χ3v) is 4.35. The van der Waals surface area contributed by atoms with Crippen molar-refractivity contribution in [2.24, 2.45) is 0 Å². The lowest BCUT2D eigenvalue weighted by Crippen LogP contribution is -2.30. The van der Waals surface area contributed by atoms with Crippen LogP contribution in [0.5, 0.6) is 5.75 Å². The topological polar surface area (TPSA) is 79.5 Å². The van der Waals surface area contributed by atoms with Gasteiger partial charge in [-0.15, -0.1) is 0 Å². The van der Waals surface area contributed by atoms with E-state index in [1.54, 1.807) is 30.3 Å². The van der Waals surface area contributed by atoms with Gasteiger partial charge in [0.2, 0.25) is 11.8 Å². The molecule has 2 amide bonds. The van der Waals surface area contributed by atoms with Gasteiger partial charge < -0.3 is 20.7 Å². The zero-order valence-electron chi connectivity index (χ0n) is 15.2. The molecule has 0 aromatic heterocycles. The van der Waals surface area contributed by atoms with E-state index in [0.717, 1.165) is 5.56 Å². The molecule has 3 N–H and O–H groups in total. The van der Waals surface area contributed by atoms with Crippen molar-refractivity contribution in [3.63, 3.8) is 0 Å². The highest BCUT2D eigenvalue weighted by Gasteiger charge is 2.13. The standard InChI is InChI=1S/C19H21Cl2N3O3/c1-11(15-6-4-13(20)8-16(15)21)22-10-19(26)24-17-9-14(23-12(2)25)5-7-18(17)27-3/h4-9,11,22H,10H2,1-3H3,(H,23,25)(H,24,26)/t11-/m0/s1. The maximum atomic E-state index is 12.3. The number of carbonyl (C=O) groups excluding carboxylic acids is 2. The van der Waals surface area contributed by atoms with Gasteiger partial charge >= 0.3 is 0 Å². The van der Waals surface area contributed by atoms with Crippen LogP contribution in [0, 0.1) is 0 Å². The van der Waals surface area contributed by atoms with Gasteiger partial charge in [-0.05, 0) is 42.8 Å². The predicted molar refractivity (Wildman–Crippen MR) is 109 cm³/mol. The largest absolute Gasteiger partial charge is 0.495 e. The Morgan fingerprint density at radius 3 is 2.48 bits per heavy atom. The van der Waals surface area contributed by atoms with Crippen LogP contribution < -0.4 is 20.7 Å². The van der Waals surface area contributed by atoms with Crippen molar-refractivity contribution < 1.29 is 14.3 Å². The Morgan fingerprint density at radius 1 is 1.11 bits per heavy atom. The van der Waals surface area contributed by atoms with E-state index < -0.39 is 0 Å². The molecular formula is C19H21Cl2N3O3. The molecule has 2 rings (SSSR count). The van der Waals surface area contributed by atoms with E-state index in [4.69, 9.17) is 27.9 Å². The number of anilines is 2. The normalized spacial score (nSPS) is 11.6. The van der Waals surface area contributed by atoms with Crippen molar-refractivity contribution in [3.8, 4) is 5.75 Å². The Morgan fingerprint density at radius 2 is 1.85 bits per heavy atom. The molecule has 8 heteroatoms. The number of halogens is 2. The van der Waals surface area contributed by atoms with Crippen LogP contribution in [0.3, 0.4) is 0 Å². The van der Waals surface area contributed by atoms with E-state index in [2.05, 4.69) is 16.0 Å². The zero-order valence-corrected chi connectivity index (χ0v) is 16.7. The third-order valence-electron chi connectivity index (χ3n) is 3.79. The van der Waals surface area contributed by atoms with Crippen molar-refractivity contribution in [2.45, 2.75) is 19.9 Å². The first-order valence-electron chi connectivity index (χ1n) is 8.24. The summed E-state index contributed by atoms with van der Waals surface area (Å²) in [5.74, 6) is 0.0317. The molecule has 0 aliphatic heterocycles. The molecule has 2 aromatic carbocycles. The van der Waals surface area contributed by atoms with E-state index in [9.17, 15) is 9.59 Å². The molecule has 0 fully saturated rings. The van der Waals surface area contributed by atoms with Crippen LogP contribution in [-0.4, -0.2) is 25.5 Å². The summed E-state index contributed by atoms with van der Waals surface area (Å²) >= 11 is 12.1. The summed E-state index contributed by atoms with van der Waals surface area (Å²) in [4.78, 5) is 23.5. The Kier molecular flexibility index (Phi) is 7.47. The second-order valence-corrected chi connectivity index (χ2v) is 6.76. The second-order valence-electron chi connectivity index (χ2n) is 5.91. The summed E-state index contributed by atoms with van der Waals surface area (Å²) in [6.45, 7) is 3.38. The maximum Gasteiger partial charge on any atom is 0.238 e. The van der Waals surface area contributed by atoms with Gasteiger partial charge in [0, 0.05) is 28.7 Å². The summed E-state index contributed by atoms with van der Waals surface area (Å²) < 4.78 is 5.25. The van der Waals surface area contributed by atoms with Gasteiger partial charge in [0.15, 0.2) is 0 Å². The molecule has 0 bridgehead atoms. The highest BCUT2D eigenvalue weighted by Crippen LogP contribution is 2.28. The molecule has 0 spiro atoms. The molecule has 0 saturated heterocycles. The molecule has 0 unspecified atom stereocenters. The molecule has 2 aromatic rings. The number of hydrogen-bond acceptors (Lipinski definition) is 4. The van der Waals surface area contributed by atoms with Gasteiger partial charge in [0.1, 0.15) is 5.75 Å². The van der Waals surface area contributed by atoms with Crippen LogP contribution in [0.4, 0.5) is 11.4 Å². The van der Waals surface area contributed by atoms with E-state index in [1.165, 1.54) is 14.0 Å². The molecule has 6 nitrogen and oxygen atoms in total. The van der Waals surface area contributed by atoms with Crippen LogP contribution in [0.15, 0.2) is 36.4 Å². The van der Waals surface area contributed by atoms with Crippen LogP contribution in [0.2, 0.25) is 10.0 Å².